The monoisotopic (exact) mass is 263 g/mol. The Morgan fingerprint density at radius 3 is 2.79 bits per heavy atom. The zero-order valence-electron chi connectivity index (χ0n) is 10.1. The van der Waals surface area contributed by atoms with Crippen LogP contribution < -0.4 is 0 Å². The van der Waals surface area contributed by atoms with Crippen LogP contribution >= 0.6 is 0 Å². The average Bonchev–Trinajstić information content (AvgIpc) is 3.07. The zero-order chi connectivity index (χ0) is 13.4. The van der Waals surface area contributed by atoms with Gasteiger partial charge in [-0.25, -0.2) is 9.59 Å². The lowest BCUT2D eigenvalue weighted by atomic mass is 10.2. The fourth-order valence-corrected chi connectivity index (χ4v) is 2.33. The third-order valence-electron chi connectivity index (χ3n) is 3.34. The number of ether oxygens (including phenoxy) is 2. The summed E-state index contributed by atoms with van der Waals surface area (Å²) in [5.74, 6) is -1.05. The zero-order valence-corrected chi connectivity index (χ0v) is 10.1. The van der Waals surface area contributed by atoms with Crippen LogP contribution in [0.5, 0.6) is 0 Å². The van der Waals surface area contributed by atoms with Crippen molar-refractivity contribution >= 4 is 12.1 Å². The quantitative estimate of drug-likeness (QED) is 0.818. The highest BCUT2D eigenvalue weighted by atomic mass is 16.6. The molecule has 0 bridgehead atoms. The molecule has 100 valence electrons. The summed E-state index contributed by atoms with van der Waals surface area (Å²) in [6, 6.07) is 8.33. The molecule has 2 aliphatic heterocycles. The Morgan fingerprint density at radius 2 is 2.11 bits per heavy atom. The minimum absolute atomic E-state index is 0.138. The van der Waals surface area contributed by atoms with E-state index < -0.39 is 18.1 Å². The maximum absolute atomic E-state index is 11.9. The van der Waals surface area contributed by atoms with Gasteiger partial charge in [-0.3, -0.25) is 4.90 Å². The molecule has 2 saturated heterocycles. The summed E-state index contributed by atoms with van der Waals surface area (Å²) in [7, 11) is 0. The van der Waals surface area contributed by atoms with Crippen LogP contribution in [-0.2, 0) is 20.9 Å². The van der Waals surface area contributed by atoms with Crippen LogP contribution in [0.15, 0.2) is 30.3 Å². The van der Waals surface area contributed by atoms with Crippen molar-refractivity contribution < 1.29 is 24.2 Å². The number of aliphatic carboxylic acids is 1. The second-order valence-corrected chi connectivity index (χ2v) is 4.61. The number of benzene rings is 1. The smallest absolute Gasteiger partial charge is 0.411 e. The molecule has 0 saturated carbocycles. The van der Waals surface area contributed by atoms with Gasteiger partial charge >= 0.3 is 12.1 Å². The number of nitrogens with zero attached hydrogens (tertiary/aromatic N) is 1. The van der Waals surface area contributed by atoms with E-state index in [-0.39, 0.29) is 25.4 Å². The van der Waals surface area contributed by atoms with Crippen molar-refractivity contribution in [1.29, 1.82) is 0 Å². The van der Waals surface area contributed by atoms with Gasteiger partial charge in [-0.05, 0) is 5.56 Å². The number of fused-ring (bicyclic) bond motifs is 1. The Hall–Kier alpha value is -2.08. The van der Waals surface area contributed by atoms with Gasteiger partial charge in [0, 0.05) is 0 Å². The third-order valence-corrected chi connectivity index (χ3v) is 3.34. The number of amides is 1. The summed E-state index contributed by atoms with van der Waals surface area (Å²) in [6.07, 6.45) is -1.13. The Bertz CT molecular complexity index is 503. The Balaban J connectivity index is 1.60. The SMILES string of the molecule is O=C(O)[C@@H]1[C@@H]2O[C@H]2CN1C(=O)OCc1ccccc1. The molecule has 2 fully saturated rings. The molecule has 3 rings (SSSR count). The van der Waals surface area contributed by atoms with Gasteiger partial charge in [-0.1, -0.05) is 30.3 Å². The first-order chi connectivity index (χ1) is 9.16. The van der Waals surface area contributed by atoms with Crippen molar-refractivity contribution in [3.63, 3.8) is 0 Å². The topological polar surface area (TPSA) is 79.4 Å². The molecule has 1 aromatic carbocycles. The molecule has 0 radical (unpaired) electrons. The molecule has 6 heteroatoms. The number of likely N-dealkylation sites (tertiary alicyclic amines) is 1. The van der Waals surface area contributed by atoms with Crippen LogP contribution in [0.3, 0.4) is 0 Å². The summed E-state index contributed by atoms with van der Waals surface area (Å²) >= 11 is 0. The van der Waals surface area contributed by atoms with E-state index in [9.17, 15) is 9.59 Å². The first kappa shape index (κ1) is 12.0. The molecule has 19 heavy (non-hydrogen) atoms. The number of epoxide rings is 1. The standard InChI is InChI=1S/C13H13NO5/c15-12(16)10-11-9(19-11)6-14(10)13(17)18-7-8-4-2-1-3-5-8/h1-5,9-11H,6-7H2,(H,15,16)/t9-,10-,11+/m0/s1. The molecule has 1 N–H and O–H groups in total. The van der Waals surface area contributed by atoms with E-state index in [2.05, 4.69) is 0 Å². The van der Waals surface area contributed by atoms with E-state index in [1.807, 2.05) is 30.3 Å². The molecule has 1 amide bonds. The van der Waals surface area contributed by atoms with Gasteiger partial charge in [-0.2, -0.15) is 0 Å². The van der Waals surface area contributed by atoms with Crippen LogP contribution in [0.2, 0.25) is 0 Å². The molecule has 0 aromatic heterocycles. The van der Waals surface area contributed by atoms with E-state index >= 15 is 0 Å². The Morgan fingerprint density at radius 1 is 1.37 bits per heavy atom. The normalized spacial score (nSPS) is 27.8. The van der Waals surface area contributed by atoms with Crippen LogP contribution in [0, 0.1) is 0 Å². The van der Waals surface area contributed by atoms with Crippen LogP contribution in [0.4, 0.5) is 4.79 Å². The largest absolute Gasteiger partial charge is 0.480 e. The molecule has 0 aliphatic carbocycles. The maximum atomic E-state index is 11.9. The number of hydrogen-bond acceptors (Lipinski definition) is 4. The van der Waals surface area contributed by atoms with Gasteiger partial charge < -0.3 is 14.6 Å². The highest BCUT2D eigenvalue weighted by Gasteiger charge is 2.59. The van der Waals surface area contributed by atoms with Crippen LogP contribution in [-0.4, -0.2) is 46.9 Å². The average molecular weight is 263 g/mol. The molecule has 6 nitrogen and oxygen atoms in total. The van der Waals surface area contributed by atoms with Crippen molar-refractivity contribution in [3.8, 4) is 0 Å². The number of rotatable bonds is 3. The number of carboxylic acid groups (broad SMARTS) is 1. The molecular formula is C13H13NO5. The molecule has 2 aliphatic rings. The highest BCUT2D eigenvalue weighted by molar-refractivity contribution is 5.82. The number of hydrogen-bond donors (Lipinski definition) is 1. The van der Waals surface area contributed by atoms with E-state index in [1.54, 1.807) is 0 Å². The second kappa shape index (κ2) is 4.55. The lowest BCUT2D eigenvalue weighted by molar-refractivity contribution is -0.143. The minimum Gasteiger partial charge on any atom is -0.480 e. The van der Waals surface area contributed by atoms with E-state index in [4.69, 9.17) is 14.6 Å². The number of carbonyl (C=O) groups excluding carboxylic acids is 1. The van der Waals surface area contributed by atoms with Crippen molar-refractivity contribution in [1.82, 2.24) is 4.90 Å². The lowest BCUT2D eigenvalue weighted by Crippen LogP contribution is -2.45. The second-order valence-electron chi connectivity index (χ2n) is 4.61. The predicted octanol–water partition coefficient (Wildman–Crippen LogP) is 0.859. The summed E-state index contributed by atoms with van der Waals surface area (Å²) in [5, 5.41) is 9.09. The van der Waals surface area contributed by atoms with Crippen LogP contribution in [0.1, 0.15) is 5.56 Å². The summed E-state index contributed by atoms with van der Waals surface area (Å²) in [5.41, 5.74) is 0.864. The van der Waals surface area contributed by atoms with E-state index in [0.29, 0.717) is 0 Å². The fourth-order valence-electron chi connectivity index (χ4n) is 2.33. The summed E-state index contributed by atoms with van der Waals surface area (Å²) in [6.45, 7) is 0.425. The highest BCUT2D eigenvalue weighted by Crippen LogP contribution is 2.36. The third kappa shape index (κ3) is 2.26. The predicted molar refractivity (Wildman–Crippen MR) is 63.4 cm³/mol. The van der Waals surface area contributed by atoms with Gasteiger partial charge in [0.1, 0.15) is 18.8 Å². The van der Waals surface area contributed by atoms with E-state index in [1.165, 1.54) is 4.90 Å². The molecule has 1 aromatic rings. The first-order valence-corrected chi connectivity index (χ1v) is 6.02. The maximum Gasteiger partial charge on any atom is 0.411 e. The number of carboxylic acids is 1. The van der Waals surface area contributed by atoms with Crippen molar-refractivity contribution in [2.45, 2.75) is 24.9 Å². The first-order valence-electron chi connectivity index (χ1n) is 6.02. The van der Waals surface area contributed by atoms with Gasteiger partial charge in [0.2, 0.25) is 0 Å². The van der Waals surface area contributed by atoms with Crippen LogP contribution in [0.25, 0.3) is 0 Å². The molecule has 2 heterocycles. The Labute approximate surface area is 109 Å². The number of morpholine rings is 1. The van der Waals surface area contributed by atoms with Gasteiger partial charge in [-0.15, -0.1) is 0 Å². The Kier molecular flexibility index (Phi) is 2.87. The molecular weight excluding hydrogens is 250 g/mol. The minimum atomic E-state index is -1.05. The van der Waals surface area contributed by atoms with Gasteiger partial charge in [0.15, 0.2) is 6.04 Å². The summed E-state index contributed by atoms with van der Waals surface area (Å²) < 4.78 is 10.3. The van der Waals surface area contributed by atoms with Crippen molar-refractivity contribution in [2.24, 2.45) is 0 Å². The molecule has 3 atom stereocenters. The molecule has 0 unspecified atom stereocenters. The fraction of sp³-hybridized carbons (Fsp3) is 0.385. The lowest BCUT2D eigenvalue weighted by Gasteiger charge is -2.22. The summed E-state index contributed by atoms with van der Waals surface area (Å²) in [4.78, 5) is 24.2. The van der Waals surface area contributed by atoms with Gasteiger partial charge in [0.05, 0.1) is 6.54 Å². The van der Waals surface area contributed by atoms with Crippen molar-refractivity contribution in [3.05, 3.63) is 35.9 Å². The van der Waals surface area contributed by atoms with Crippen molar-refractivity contribution in [2.75, 3.05) is 6.54 Å². The van der Waals surface area contributed by atoms with Gasteiger partial charge in [0.25, 0.3) is 0 Å². The molecule has 0 spiro atoms. The number of carbonyl (C=O) groups is 2. The van der Waals surface area contributed by atoms with E-state index in [0.717, 1.165) is 5.56 Å².